The molecule has 0 saturated heterocycles. The molecule has 0 atom stereocenters. The first kappa shape index (κ1) is 14.9. The molecule has 0 radical (unpaired) electrons. The fourth-order valence-electron chi connectivity index (χ4n) is 1.40. The molecule has 0 rings (SSSR count). The van der Waals surface area contributed by atoms with Crippen molar-refractivity contribution in [3.05, 3.63) is 0 Å². The minimum absolute atomic E-state index is 0.0500. The summed E-state index contributed by atoms with van der Waals surface area (Å²) in [5.74, 6) is 0.0500. The third kappa shape index (κ3) is 5.73. The van der Waals surface area contributed by atoms with Crippen LogP contribution in [-0.4, -0.2) is 24.5 Å². The van der Waals surface area contributed by atoms with Gasteiger partial charge in [-0.25, -0.2) is 4.79 Å². The van der Waals surface area contributed by atoms with Crippen LogP contribution in [0.3, 0.4) is 0 Å². The van der Waals surface area contributed by atoms with E-state index in [-0.39, 0.29) is 5.78 Å². The number of carbonyl (C=O) groups excluding carboxylic acids is 2. The summed E-state index contributed by atoms with van der Waals surface area (Å²) in [6.45, 7) is 5.53. The largest absolute Gasteiger partial charge is 0.453 e. The Kier molecular flexibility index (Phi) is 6.77. The average molecular weight is 229 g/mol. The Bertz CT molecular complexity index is 236. The molecule has 1 amide bonds. The first-order chi connectivity index (χ1) is 7.44. The lowest BCUT2D eigenvalue weighted by molar-refractivity contribution is -0.124. The Morgan fingerprint density at radius 1 is 1.19 bits per heavy atom. The van der Waals surface area contributed by atoms with Gasteiger partial charge in [0.1, 0.15) is 0 Å². The number of Topliss-reactive ketones (excluding diaryl/α,β-unsaturated/α-hetero) is 1. The fourth-order valence-corrected chi connectivity index (χ4v) is 1.40. The van der Waals surface area contributed by atoms with Gasteiger partial charge in [-0.15, -0.1) is 0 Å². The zero-order valence-electron chi connectivity index (χ0n) is 10.8. The van der Waals surface area contributed by atoms with E-state index < -0.39 is 11.6 Å². The highest BCUT2D eigenvalue weighted by Gasteiger charge is 2.28. The first-order valence-electron chi connectivity index (χ1n) is 5.83. The fraction of sp³-hybridized carbons (Fsp3) is 0.833. The van der Waals surface area contributed by atoms with Crippen LogP contribution in [0.15, 0.2) is 0 Å². The molecule has 4 heteroatoms. The molecular formula is C12H23NO3. The second-order valence-electron chi connectivity index (χ2n) is 4.48. The molecule has 4 nitrogen and oxygen atoms in total. The molecule has 0 aromatic rings. The molecule has 0 aliphatic rings. The zero-order valence-corrected chi connectivity index (χ0v) is 10.8. The van der Waals surface area contributed by atoms with Crippen LogP contribution < -0.4 is 5.32 Å². The topological polar surface area (TPSA) is 55.4 Å². The van der Waals surface area contributed by atoms with Crippen LogP contribution in [0, 0.1) is 0 Å². The number of ketones is 1. The molecule has 0 aliphatic carbocycles. The van der Waals surface area contributed by atoms with E-state index >= 15 is 0 Å². The van der Waals surface area contributed by atoms with E-state index in [4.69, 9.17) is 0 Å². The van der Waals surface area contributed by atoms with Gasteiger partial charge in [-0.05, 0) is 20.3 Å². The van der Waals surface area contributed by atoms with E-state index in [1.165, 1.54) is 7.11 Å². The molecule has 0 fully saturated rings. The van der Waals surface area contributed by atoms with Gasteiger partial charge >= 0.3 is 6.09 Å². The Labute approximate surface area is 97.7 Å². The summed E-state index contributed by atoms with van der Waals surface area (Å²) in [5, 5.41) is 2.54. The number of hydrogen-bond acceptors (Lipinski definition) is 3. The number of hydrogen-bond donors (Lipinski definition) is 1. The maximum Gasteiger partial charge on any atom is 0.407 e. The molecule has 0 aromatic carbocycles. The number of nitrogens with one attached hydrogen (secondary N) is 1. The van der Waals surface area contributed by atoms with Crippen LogP contribution >= 0.6 is 0 Å². The van der Waals surface area contributed by atoms with Gasteiger partial charge in [-0.2, -0.15) is 0 Å². The predicted octanol–water partition coefficient (Wildman–Crippen LogP) is 2.66. The van der Waals surface area contributed by atoms with Crippen molar-refractivity contribution in [2.45, 2.75) is 58.4 Å². The Morgan fingerprint density at radius 3 is 2.31 bits per heavy atom. The lowest BCUT2D eigenvalue weighted by Crippen LogP contribution is -2.49. The van der Waals surface area contributed by atoms with E-state index in [0.29, 0.717) is 6.42 Å². The molecule has 0 aliphatic heterocycles. The minimum Gasteiger partial charge on any atom is -0.453 e. The highest BCUT2D eigenvalue weighted by Crippen LogP contribution is 2.11. The van der Waals surface area contributed by atoms with Crippen LogP contribution in [0.25, 0.3) is 0 Å². The summed E-state index contributed by atoms with van der Waals surface area (Å²) in [4.78, 5) is 22.8. The number of methoxy groups -OCH3 is 1. The summed E-state index contributed by atoms with van der Waals surface area (Å²) in [6, 6.07) is 0. The van der Waals surface area contributed by atoms with Gasteiger partial charge in [0.25, 0.3) is 0 Å². The summed E-state index contributed by atoms with van der Waals surface area (Å²) in [5.41, 5.74) is -0.834. The van der Waals surface area contributed by atoms with Crippen molar-refractivity contribution < 1.29 is 14.3 Å². The van der Waals surface area contributed by atoms with Gasteiger partial charge < -0.3 is 10.1 Å². The second kappa shape index (κ2) is 7.25. The van der Waals surface area contributed by atoms with Crippen LogP contribution in [-0.2, 0) is 9.53 Å². The number of unbranched alkanes of at least 4 members (excludes halogenated alkanes) is 3. The number of rotatable bonds is 7. The second-order valence-corrected chi connectivity index (χ2v) is 4.48. The Morgan fingerprint density at radius 2 is 1.81 bits per heavy atom. The lowest BCUT2D eigenvalue weighted by Gasteiger charge is -2.23. The summed E-state index contributed by atoms with van der Waals surface area (Å²) >= 11 is 0. The smallest absolute Gasteiger partial charge is 0.407 e. The number of carbonyl (C=O) groups is 2. The number of ether oxygens (including phenoxy) is 1. The first-order valence-corrected chi connectivity index (χ1v) is 5.83. The van der Waals surface area contributed by atoms with E-state index in [1.54, 1.807) is 13.8 Å². The zero-order chi connectivity index (χ0) is 12.6. The standard InChI is InChI=1S/C12H23NO3/c1-5-6-7-8-9-10(14)12(2,3)13-11(15)16-4/h5-9H2,1-4H3,(H,13,15). The van der Waals surface area contributed by atoms with Gasteiger partial charge in [0.2, 0.25) is 0 Å². The van der Waals surface area contributed by atoms with Crippen molar-refractivity contribution in [3.8, 4) is 0 Å². The summed E-state index contributed by atoms with van der Waals surface area (Å²) < 4.78 is 4.48. The highest BCUT2D eigenvalue weighted by atomic mass is 16.5. The minimum atomic E-state index is -0.834. The quantitative estimate of drug-likeness (QED) is 0.683. The van der Waals surface area contributed by atoms with Gasteiger partial charge in [0.05, 0.1) is 12.6 Å². The van der Waals surface area contributed by atoms with Crippen molar-refractivity contribution in [1.82, 2.24) is 5.32 Å². The molecule has 0 spiro atoms. The van der Waals surface area contributed by atoms with Crippen molar-refractivity contribution in [2.75, 3.05) is 7.11 Å². The highest BCUT2D eigenvalue weighted by molar-refractivity contribution is 5.90. The monoisotopic (exact) mass is 229 g/mol. The van der Waals surface area contributed by atoms with Crippen molar-refractivity contribution in [1.29, 1.82) is 0 Å². The SMILES string of the molecule is CCCCCCC(=O)C(C)(C)NC(=O)OC. The molecule has 94 valence electrons. The maximum atomic E-state index is 11.8. The molecule has 1 N–H and O–H groups in total. The Hall–Kier alpha value is -1.06. The van der Waals surface area contributed by atoms with E-state index in [2.05, 4.69) is 17.0 Å². The molecule has 16 heavy (non-hydrogen) atoms. The van der Waals surface area contributed by atoms with Crippen LogP contribution in [0.1, 0.15) is 52.9 Å². The van der Waals surface area contributed by atoms with Crippen LogP contribution in [0.4, 0.5) is 4.79 Å². The normalized spacial score (nSPS) is 11.0. The molecular weight excluding hydrogens is 206 g/mol. The van der Waals surface area contributed by atoms with Gasteiger partial charge in [0.15, 0.2) is 5.78 Å². The maximum absolute atomic E-state index is 11.8. The van der Waals surface area contributed by atoms with Crippen LogP contribution in [0.5, 0.6) is 0 Å². The molecule has 0 saturated carbocycles. The molecule has 0 aromatic heterocycles. The Balaban J connectivity index is 3.99. The molecule has 0 heterocycles. The average Bonchev–Trinajstić information content (AvgIpc) is 2.23. The van der Waals surface area contributed by atoms with E-state index in [9.17, 15) is 9.59 Å². The third-order valence-corrected chi connectivity index (χ3v) is 2.55. The van der Waals surface area contributed by atoms with E-state index in [1.807, 2.05) is 0 Å². The lowest BCUT2D eigenvalue weighted by atomic mass is 9.94. The summed E-state index contributed by atoms with van der Waals surface area (Å²) in [7, 11) is 1.29. The van der Waals surface area contributed by atoms with Gasteiger partial charge in [-0.1, -0.05) is 26.2 Å². The third-order valence-electron chi connectivity index (χ3n) is 2.55. The molecule has 0 bridgehead atoms. The predicted molar refractivity (Wildman–Crippen MR) is 63.4 cm³/mol. The van der Waals surface area contributed by atoms with Gasteiger partial charge in [0, 0.05) is 6.42 Å². The van der Waals surface area contributed by atoms with Gasteiger partial charge in [-0.3, -0.25) is 4.79 Å². The van der Waals surface area contributed by atoms with Crippen LogP contribution in [0.2, 0.25) is 0 Å². The van der Waals surface area contributed by atoms with Crippen molar-refractivity contribution >= 4 is 11.9 Å². The van der Waals surface area contributed by atoms with Crippen molar-refractivity contribution in [2.24, 2.45) is 0 Å². The number of amides is 1. The van der Waals surface area contributed by atoms with Crippen molar-refractivity contribution in [3.63, 3.8) is 0 Å². The number of alkyl carbamates (subject to hydrolysis) is 1. The summed E-state index contributed by atoms with van der Waals surface area (Å²) in [6.07, 6.45) is 4.20. The molecule has 0 unspecified atom stereocenters. The van der Waals surface area contributed by atoms with E-state index in [0.717, 1.165) is 25.7 Å².